The standard InChI is InChI=1S/C12H10.C2H7NO/c1-3-7-11(8-4-1)12-9-5-2-6-10-12;1-2(3)4/h1-10H;2,4H,3H2,1H3. The molecule has 0 fully saturated rings. The number of aliphatic hydroxyl groups excluding tert-OH is 1. The molecule has 3 N–H and O–H groups in total. The summed E-state index contributed by atoms with van der Waals surface area (Å²) in [5, 5.41) is 7.83. The molecular formula is C14H17NO. The van der Waals surface area contributed by atoms with Crippen LogP contribution in [0.5, 0.6) is 0 Å². The quantitative estimate of drug-likeness (QED) is 0.718. The fourth-order valence-corrected chi connectivity index (χ4v) is 1.26. The van der Waals surface area contributed by atoms with Crippen LogP contribution in [-0.4, -0.2) is 11.3 Å². The van der Waals surface area contributed by atoms with Gasteiger partial charge in [-0.05, 0) is 18.1 Å². The van der Waals surface area contributed by atoms with Crippen LogP contribution in [0.25, 0.3) is 11.1 Å². The van der Waals surface area contributed by atoms with Gasteiger partial charge < -0.3 is 10.8 Å². The summed E-state index contributed by atoms with van der Waals surface area (Å²) in [4.78, 5) is 0. The number of nitrogens with two attached hydrogens (primary N) is 1. The van der Waals surface area contributed by atoms with Gasteiger partial charge in [0.05, 0.1) is 6.23 Å². The van der Waals surface area contributed by atoms with Crippen molar-refractivity contribution in [3.8, 4) is 11.1 Å². The summed E-state index contributed by atoms with van der Waals surface area (Å²) < 4.78 is 0. The molecular weight excluding hydrogens is 198 g/mol. The van der Waals surface area contributed by atoms with Gasteiger partial charge in [-0.1, -0.05) is 60.7 Å². The Bertz CT molecular complexity index is 344. The van der Waals surface area contributed by atoms with E-state index in [1.165, 1.54) is 18.1 Å². The summed E-state index contributed by atoms with van der Waals surface area (Å²) in [6, 6.07) is 20.8. The Balaban J connectivity index is 0.000000280. The average Bonchev–Trinajstić information content (AvgIpc) is 2.31. The van der Waals surface area contributed by atoms with E-state index in [1.807, 2.05) is 12.1 Å². The van der Waals surface area contributed by atoms with Crippen molar-refractivity contribution in [2.24, 2.45) is 5.73 Å². The smallest absolute Gasteiger partial charge is 0.0991 e. The van der Waals surface area contributed by atoms with Crippen molar-refractivity contribution in [3.05, 3.63) is 60.7 Å². The summed E-state index contributed by atoms with van der Waals surface area (Å²) in [5.74, 6) is 0. The van der Waals surface area contributed by atoms with E-state index in [2.05, 4.69) is 54.3 Å². The van der Waals surface area contributed by atoms with Crippen LogP contribution in [0.15, 0.2) is 60.7 Å². The van der Waals surface area contributed by atoms with Gasteiger partial charge in [0.15, 0.2) is 0 Å². The van der Waals surface area contributed by atoms with E-state index in [9.17, 15) is 0 Å². The number of hydrogen-bond acceptors (Lipinski definition) is 2. The number of aliphatic hydroxyl groups is 1. The molecule has 84 valence electrons. The van der Waals surface area contributed by atoms with E-state index in [4.69, 9.17) is 5.11 Å². The van der Waals surface area contributed by atoms with E-state index in [0.717, 1.165) is 0 Å². The monoisotopic (exact) mass is 215 g/mol. The zero-order chi connectivity index (χ0) is 11.8. The Morgan fingerprint density at radius 1 is 0.812 bits per heavy atom. The summed E-state index contributed by atoms with van der Waals surface area (Å²) in [5.41, 5.74) is 7.22. The van der Waals surface area contributed by atoms with E-state index in [-0.39, 0.29) is 0 Å². The highest BCUT2D eigenvalue weighted by Crippen LogP contribution is 2.17. The minimum Gasteiger partial charge on any atom is -0.379 e. The average molecular weight is 215 g/mol. The first-order valence-electron chi connectivity index (χ1n) is 5.24. The topological polar surface area (TPSA) is 46.2 Å². The maximum Gasteiger partial charge on any atom is 0.0991 e. The van der Waals surface area contributed by atoms with Gasteiger partial charge in [-0.2, -0.15) is 0 Å². The van der Waals surface area contributed by atoms with Gasteiger partial charge in [-0.25, -0.2) is 0 Å². The maximum atomic E-state index is 7.83. The molecule has 0 saturated carbocycles. The molecule has 2 nitrogen and oxygen atoms in total. The molecule has 1 unspecified atom stereocenters. The van der Waals surface area contributed by atoms with Crippen molar-refractivity contribution in [1.82, 2.24) is 0 Å². The molecule has 2 rings (SSSR count). The zero-order valence-electron chi connectivity index (χ0n) is 9.38. The van der Waals surface area contributed by atoms with Gasteiger partial charge in [0, 0.05) is 0 Å². The van der Waals surface area contributed by atoms with Crippen molar-refractivity contribution < 1.29 is 5.11 Å². The van der Waals surface area contributed by atoms with Crippen molar-refractivity contribution in [3.63, 3.8) is 0 Å². The van der Waals surface area contributed by atoms with Gasteiger partial charge >= 0.3 is 0 Å². The molecule has 0 aliphatic heterocycles. The molecule has 0 aromatic heterocycles. The van der Waals surface area contributed by atoms with Crippen LogP contribution in [-0.2, 0) is 0 Å². The number of hydrogen-bond donors (Lipinski definition) is 2. The van der Waals surface area contributed by atoms with Crippen LogP contribution in [0.1, 0.15) is 6.92 Å². The second-order valence-corrected chi connectivity index (χ2v) is 3.47. The zero-order valence-corrected chi connectivity index (χ0v) is 9.38. The maximum absolute atomic E-state index is 7.83. The van der Waals surface area contributed by atoms with Crippen molar-refractivity contribution in [2.45, 2.75) is 13.2 Å². The molecule has 0 aliphatic rings. The van der Waals surface area contributed by atoms with Crippen LogP contribution in [0.4, 0.5) is 0 Å². The van der Waals surface area contributed by atoms with E-state index in [1.54, 1.807) is 0 Å². The van der Waals surface area contributed by atoms with E-state index >= 15 is 0 Å². The SMILES string of the molecule is CC(N)O.c1ccc(-c2ccccc2)cc1. The van der Waals surface area contributed by atoms with Gasteiger partial charge in [0.2, 0.25) is 0 Å². The third-order valence-corrected chi connectivity index (χ3v) is 1.88. The second-order valence-electron chi connectivity index (χ2n) is 3.47. The molecule has 0 spiro atoms. The number of benzene rings is 2. The summed E-state index contributed by atoms with van der Waals surface area (Å²) >= 11 is 0. The number of rotatable bonds is 1. The molecule has 1 atom stereocenters. The van der Waals surface area contributed by atoms with Crippen LogP contribution >= 0.6 is 0 Å². The Morgan fingerprint density at radius 2 is 1.06 bits per heavy atom. The fourth-order valence-electron chi connectivity index (χ4n) is 1.26. The highest BCUT2D eigenvalue weighted by atomic mass is 16.3. The predicted octanol–water partition coefficient (Wildman–Crippen LogP) is 2.64. The van der Waals surface area contributed by atoms with E-state index < -0.39 is 6.23 Å². The highest BCUT2D eigenvalue weighted by Gasteiger charge is 1.91. The summed E-state index contributed by atoms with van der Waals surface area (Å²) in [6.45, 7) is 1.50. The van der Waals surface area contributed by atoms with Crippen molar-refractivity contribution >= 4 is 0 Å². The molecule has 0 aliphatic carbocycles. The Morgan fingerprint density at radius 3 is 1.31 bits per heavy atom. The first-order chi connectivity index (χ1) is 7.70. The molecule has 16 heavy (non-hydrogen) atoms. The van der Waals surface area contributed by atoms with E-state index in [0.29, 0.717) is 0 Å². The molecule has 0 heterocycles. The lowest BCUT2D eigenvalue weighted by molar-refractivity contribution is 0.203. The largest absolute Gasteiger partial charge is 0.379 e. The van der Waals surface area contributed by atoms with Gasteiger partial charge in [0.1, 0.15) is 0 Å². The first-order valence-corrected chi connectivity index (χ1v) is 5.24. The third kappa shape index (κ3) is 4.73. The minimum atomic E-state index is -0.667. The normalized spacial score (nSPS) is 11.2. The van der Waals surface area contributed by atoms with Crippen LogP contribution in [0, 0.1) is 0 Å². The third-order valence-electron chi connectivity index (χ3n) is 1.88. The Labute approximate surface area is 96.4 Å². The predicted molar refractivity (Wildman–Crippen MR) is 67.7 cm³/mol. The molecule has 0 amide bonds. The summed E-state index contributed by atoms with van der Waals surface area (Å²) in [7, 11) is 0. The Kier molecular flexibility index (Phi) is 5.26. The lowest BCUT2D eigenvalue weighted by Gasteiger charge is -1.98. The van der Waals surface area contributed by atoms with Crippen LogP contribution in [0.2, 0.25) is 0 Å². The second kappa shape index (κ2) is 6.77. The lowest BCUT2D eigenvalue weighted by atomic mass is 10.1. The molecule has 0 bridgehead atoms. The molecule has 2 aromatic carbocycles. The van der Waals surface area contributed by atoms with Crippen LogP contribution < -0.4 is 5.73 Å². The molecule has 2 heteroatoms. The molecule has 0 radical (unpaired) electrons. The van der Waals surface area contributed by atoms with Gasteiger partial charge in [0.25, 0.3) is 0 Å². The molecule has 2 aromatic rings. The van der Waals surface area contributed by atoms with Crippen molar-refractivity contribution in [1.29, 1.82) is 0 Å². The van der Waals surface area contributed by atoms with Crippen LogP contribution in [0.3, 0.4) is 0 Å². The lowest BCUT2D eigenvalue weighted by Crippen LogP contribution is -2.11. The van der Waals surface area contributed by atoms with Gasteiger partial charge in [-0.15, -0.1) is 0 Å². The minimum absolute atomic E-state index is 0.667. The van der Waals surface area contributed by atoms with Gasteiger partial charge in [-0.3, -0.25) is 0 Å². The van der Waals surface area contributed by atoms with Crippen molar-refractivity contribution in [2.75, 3.05) is 0 Å². The first kappa shape index (κ1) is 12.4. The highest BCUT2D eigenvalue weighted by molar-refractivity contribution is 5.62. The molecule has 0 saturated heterocycles. The summed E-state index contributed by atoms with van der Waals surface area (Å²) in [6.07, 6.45) is -0.667. The Hall–Kier alpha value is -1.64. The fraction of sp³-hybridized carbons (Fsp3) is 0.143.